The summed E-state index contributed by atoms with van der Waals surface area (Å²) >= 11 is 0. The van der Waals surface area contributed by atoms with Gasteiger partial charge in [-0.25, -0.2) is 9.59 Å². The SMILES string of the molecule is CC[C@H]1CC[C@H]2C3=CC=C4C[C@@H](OC(=O)c5ccccc5)C[C@H](OC(=O)NC)[C@]4(C)[C@H]3CC[C@]12C. The molecule has 0 radical (unpaired) electrons. The fraction of sp³-hybridized carbons (Fsp3) is 0.600. The predicted octanol–water partition coefficient (Wildman–Crippen LogP) is 6.46. The molecular weight excluding hydrogens is 438 g/mol. The van der Waals surface area contributed by atoms with Crippen LogP contribution in [0.15, 0.2) is 53.6 Å². The van der Waals surface area contributed by atoms with Crippen molar-refractivity contribution < 1.29 is 19.1 Å². The third-order valence-electron chi connectivity index (χ3n) is 10.0. The molecule has 3 fully saturated rings. The van der Waals surface area contributed by atoms with Gasteiger partial charge >= 0.3 is 12.1 Å². The van der Waals surface area contributed by atoms with E-state index in [1.54, 1.807) is 24.8 Å². The summed E-state index contributed by atoms with van der Waals surface area (Å²) in [5, 5.41) is 2.63. The number of fused-ring (bicyclic) bond motifs is 5. The van der Waals surface area contributed by atoms with E-state index in [9.17, 15) is 9.59 Å². The van der Waals surface area contributed by atoms with Crippen LogP contribution in [0.5, 0.6) is 0 Å². The number of carbonyl (C=O) groups excluding carboxylic acids is 2. The molecule has 1 aromatic carbocycles. The minimum atomic E-state index is -0.422. The zero-order valence-corrected chi connectivity index (χ0v) is 21.5. The van der Waals surface area contributed by atoms with Crippen molar-refractivity contribution in [3.8, 4) is 0 Å². The Hall–Kier alpha value is -2.56. The molecule has 0 aromatic heterocycles. The lowest BCUT2D eigenvalue weighted by Gasteiger charge is -2.56. The molecule has 5 rings (SSSR count). The van der Waals surface area contributed by atoms with Crippen molar-refractivity contribution in [1.82, 2.24) is 5.32 Å². The summed E-state index contributed by atoms with van der Waals surface area (Å²) in [6.07, 6.45) is 10.9. The van der Waals surface area contributed by atoms with Crippen molar-refractivity contribution in [2.24, 2.45) is 28.6 Å². The highest BCUT2D eigenvalue weighted by Crippen LogP contribution is 2.65. The Morgan fingerprint density at radius 2 is 1.80 bits per heavy atom. The molecular formula is C30H39NO4. The Labute approximate surface area is 209 Å². The lowest BCUT2D eigenvalue weighted by Crippen LogP contribution is -2.54. The van der Waals surface area contributed by atoms with Crippen LogP contribution in [-0.2, 0) is 9.47 Å². The third-order valence-corrected chi connectivity index (χ3v) is 10.0. The van der Waals surface area contributed by atoms with Gasteiger partial charge in [-0.05, 0) is 61.0 Å². The van der Waals surface area contributed by atoms with Gasteiger partial charge in [-0.3, -0.25) is 0 Å². The molecule has 35 heavy (non-hydrogen) atoms. The number of hydrogen-bond acceptors (Lipinski definition) is 4. The van der Waals surface area contributed by atoms with Gasteiger partial charge in [-0.2, -0.15) is 0 Å². The first kappa shape index (κ1) is 24.1. The zero-order valence-electron chi connectivity index (χ0n) is 21.5. The lowest BCUT2D eigenvalue weighted by molar-refractivity contribution is -0.0650. The van der Waals surface area contributed by atoms with Crippen LogP contribution in [-0.4, -0.2) is 31.3 Å². The molecule has 5 nitrogen and oxygen atoms in total. The van der Waals surface area contributed by atoms with E-state index in [1.165, 1.54) is 31.3 Å². The Morgan fingerprint density at radius 3 is 2.51 bits per heavy atom. The quantitative estimate of drug-likeness (QED) is 0.506. The fourth-order valence-electron chi connectivity index (χ4n) is 8.02. The number of benzene rings is 1. The van der Waals surface area contributed by atoms with Gasteiger partial charge < -0.3 is 14.8 Å². The number of amides is 1. The van der Waals surface area contributed by atoms with Crippen LogP contribution in [0.25, 0.3) is 0 Å². The van der Waals surface area contributed by atoms with Crippen LogP contribution in [0.3, 0.4) is 0 Å². The summed E-state index contributed by atoms with van der Waals surface area (Å²) in [7, 11) is 1.60. The molecule has 3 saturated carbocycles. The number of esters is 1. The molecule has 4 aliphatic rings. The molecule has 188 valence electrons. The summed E-state index contributed by atoms with van der Waals surface area (Å²) in [5.74, 6) is 1.43. The molecule has 5 heteroatoms. The van der Waals surface area contributed by atoms with Crippen LogP contribution in [0.1, 0.15) is 76.1 Å². The second kappa shape index (κ2) is 9.15. The molecule has 1 aromatic rings. The largest absolute Gasteiger partial charge is 0.458 e. The maximum atomic E-state index is 12.8. The van der Waals surface area contributed by atoms with Gasteiger partial charge in [0.15, 0.2) is 0 Å². The summed E-state index contributed by atoms with van der Waals surface area (Å²) in [4.78, 5) is 25.3. The van der Waals surface area contributed by atoms with Gasteiger partial charge in [-0.1, -0.05) is 68.7 Å². The minimum absolute atomic E-state index is 0.280. The molecule has 0 bridgehead atoms. The number of alkyl carbamates (subject to hydrolysis) is 1. The highest BCUT2D eigenvalue weighted by atomic mass is 16.6. The van der Waals surface area contributed by atoms with Crippen molar-refractivity contribution in [2.75, 3.05) is 7.05 Å². The molecule has 0 spiro atoms. The monoisotopic (exact) mass is 477 g/mol. The molecule has 0 aliphatic heterocycles. The average Bonchev–Trinajstić information content (AvgIpc) is 3.21. The van der Waals surface area contributed by atoms with E-state index in [4.69, 9.17) is 9.47 Å². The maximum Gasteiger partial charge on any atom is 0.407 e. The molecule has 0 heterocycles. The van der Waals surface area contributed by atoms with Crippen molar-refractivity contribution in [1.29, 1.82) is 0 Å². The maximum absolute atomic E-state index is 12.8. The van der Waals surface area contributed by atoms with Crippen molar-refractivity contribution in [2.45, 2.75) is 77.9 Å². The summed E-state index contributed by atoms with van der Waals surface area (Å²) in [5.41, 5.74) is 3.44. The van der Waals surface area contributed by atoms with E-state index in [0.717, 1.165) is 12.3 Å². The first-order valence-electron chi connectivity index (χ1n) is 13.4. The Kier molecular flexibility index (Phi) is 6.31. The minimum Gasteiger partial charge on any atom is -0.458 e. The van der Waals surface area contributed by atoms with Gasteiger partial charge in [0.25, 0.3) is 0 Å². The first-order valence-corrected chi connectivity index (χ1v) is 13.4. The van der Waals surface area contributed by atoms with E-state index >= 15 is 0 Å². The third kappa shape index (κ3) is 3.91. The number of hydrogen-bond donors (Lipinski definition) is 1. The van der Waals surface area contributed by atoms with Crippen molar-refractivity contribution in [3.05, 3.63) is 59.2 Å². The van der Waals surface area contributed by atoms with E-state index < -0.39 is 6.09 Å². The molecule has 0 unspecified atom stereocenters. The van der Waals surface area contributed by atoms with E-state index in [1.807, 2.05) is 18.2 Å². The van der Waals surface area contributed by atoms with Crippen LogP contribution in [0.4, 0.5) is 4.79 Å². The van der Waals surface area contributed by atoms with Crippen LogP contribution >= 0.6 is 0 Å². The second-order valence-corrected chi connectivity index (χ2v) is 11.5. The molecule has 4 aliphatic carbocycles. The van der Waals surface area contributed by atoms with Crippen molar-refractivity contribution >= 4 is 12.1 Å². The Morgan fingerprint density at radius 1 is 1.03 bits per heavy atom. The molecule has 7 atom stereocenters. The van der Waals surface area contributed by atoms with Gasteiger partial charge in [0.1, 0.15) is 12.2 Å². The molecule has 1 N–H and O–H groups in total. The van der Waals surface area contributed by atoms with Gasteiger partial charge in [0.05, 0.1) is 5.56 Å². The second-order valence-electron chi connectivity index (χ2n) is 11.5. The Bertz CT molecular complexity index is 1050. The number of allylic oxidation sites excluding steroid dienone is 3. The van der Waals surface area contributed by atoms with Crippen LogP contribution in [0, 0.1) is 28.6 Å². The average molecular weight is 478 g/mol. The van der Waals surface area contributed by atoms with Crippen molar-refractivity contribution in [3.63, 3.8) is 0 Å². The molecule has 0 saturated heterocycles. The first-order chi connectivity index (χ1) is 16.8. The number of nitrogens with one attached hydrogen (secondary N) is 1. The van der Waals surface area contributed by atoms with Gasteiger partial charge in [-0.15, -0.1) is 0 Å². The standard InChI is InChI=1S/C30H39NO4/c1-5-20-12-14-24-23-13-11-21-17-22(34-27(32)19-9-7-6-8-10-19)18-26(35-28(33)31-4)30(21,3)25(23)15-16-29(20,24)2/h6-11,13,20,22,24-26H,5,12,14-18H2,1-4H3,(H,31,33)/t20-,22+,24-,25-,26-,29+,30-/m0/s1. The summed E-state index contributed by atoms with van der Waals surface area (Å²) in [6, 6.07) is 9.10. The Balaban J connectivity index is 1.46. The number of rotatable bonds is 4. The predicted molar refractivity (Wildman–Crippen MR) is 136 cm³/mol. The number of ether oxygens (including phenoxy) is 2. The topological polar surface area (TPSA) is 64.6 Å². The van der Waals surface area contributed by atoms with E-state index in [2.05, 4.69) is 38.2 Å². The lowest BCUT2D eigenvalue weighted by atomic mass is 9.49. The smallest absolute Gasteiger partial charge is 0.407 e. The van der Waals surface area contributed by atoms with E-state index in [-0.39, 0.29) is 23.6 Å². The zero-order chi connectivity index (χ0) is 24.8. The number of carbonyl (C=O) groups is 2. The van der Waals surface area contributed by atoms with Gasteiger partial charge in [0, 0.05) is 25.3 Å². The fourth-order valence-corrected chi connectivity index (χ4v) is 8.02. The summed E-state index contributed by atoms with van der Waals surface area (Å²) in [6.45, 7) is 7.13. The van der Waals surface area contributed by atoms with Crippen LogP contribution in [0.2, 0.25) is 0 Å². The van der Waals surface area contributed by atoms with Gasteiger partial charge in [0.2, 0.25) is 0 Å². The highest BCUT2D eigenvalue weighted by molar-refractivity contribution is 5.89. The highest BCUT2D eigenvalue weighted by Gasteiger charge is 2.59. The summed E-state index contributed by atoms with van der Waals surface area (Å²) < 4.78 is 12.0. The van der Waals surface area contributed by atoms with Crippen LogP contribution < -0.4 is 5.32 Å². The normalized spacial score (nSPS) is 37.7. The van der Waals surface area contributed by atoms with E-state index in [0.29, 0.717) is 35.7 Å². The molecule has 1 amide bonds.